The van der Waals surface area contributed by atoms with E-state index >= 15 is 0 Å². The van der Waals surface area contributed by atoms with E-state index in [1.54, 1.807) is 13.0 Å². The van der Waals surface area contributed by atoms with Crippen LogP contribution in [0, 0.1) is 12.8 Å². The standard InChI is InChI=1S/C16H18O3/c1-3-19-16(18)14-9-8-12(17)10-15(14)13-7-5-4-6-11(13)2/h4-7,10,14H,3,8-9H2,1-2H3. The number of aryl methyl sites for hydroxylation is 1. The van der Waals surface area contributed by atoms with Crippen LogP contribution in [0.15, 0.2) is 30.3 Å². The van der Waals surface area contributed by atoms with Crippen molar-refractivity contribution in [2.75, 3.05) is 6.61 Å². The van der Waals surface area contributed by atoms with E-state index in [0.717, 1.165) is 16.7 Å². The number of hydrogen-bond donors (Lipinski definition) is 0. The van der Waals surface area contributed by atoms with Gasteiger partial charge < -0.3 is 4.74 Å². The molecular formula is C16H18O3. The highest BCUT2D eigenvalue weighted by Gasteiger charge is 2.30. The highest BCUT2D eigenvalue weighted by molar-refractivity contribution is 6.03. The van der Waals surface area contributed by atoms with Gasteiger partial charge in [-0.3, -0.25) is 9.59 Å². The highest BCUT2D eigenvalue weighted by Crippen LogP contribution is 2.33. The minimum Gasteiger partial charge on any atom is -0.466 e. The number of esters is 1. The molecule has 0 bridgehead atoms. The van der Waals surface area contributed by atoms with E-state index in [1.807, 2.05) is 31.2 Å². The molecule has 1 unspecified atom stereocenters. The monoisotopic (exact) mass is 258 g/mol. The van der Waals surface area contributed by atoms with Crippen LogP contribution < -0.4 is 0 Å². The zero-order valence-corrected chi connectivity index (χ0v) is 11.3. The second-order valence-corrected chi connectivity index (χ2v) is 4.72. The van der Waals surface area contributed by atoms with E-state index in [0.29, 0.717) is 19.4 Å². The molecule has 0 saturated heterocycles. The first-order chi connectivity index (χ1) is 9.13. The third-order valence-electron chi connectivity index (χ3n) is 3.40. The Labute approximate surface area is 113 Å². The molecule has 100 valence electrons. The van der Waals surface area contributed by atoms with Gasteiger partial charge in [0.1, 0.15) is 0 Å². The quantitative estimate of drug-likeness (QED) is 0.783. The lowest BCUT2D eigenvalue weighted by Crippen LogP contribution is -2.24. The third-order valence-corrected chi connectivity index (χ3v) is 3.40. The summed E-state index contributed by atoms with van der Waals surface area (Å²) in [6.07, 6.45) is 2.56. The minimum atomic E-state index is -0.321. The molecule has 0 N–H and O–H groups in total. The Hall–Kier alpha value is -1.90. The Morgan fingerprint density at radius 3 is 2.79 bits per heavy atom. The average molecular weight is 258 g/mol. The van der Waals surface area contributed by atoms with Crippen LogP contribution in [0.2, 0.25) is 0 Å². The van der Waals surface area contributed by atoms with Crippen molar-refractivity contribution in [3.8, 4) is 0 Å². The Morgan fingerprint density at radius 1 is 1.37 bits per heavy atom. The maximum absolute atomic E-state index is 12.0. The number of ether oxygens (including phenoxy) is 1. The lowest BCUT2D eigenvalue weighted by molar-refractivity contribution is -0.146. The Bertz CT molecular complexity index is 529. The highest BCUT2D eigenvalue weighted by atomic mass is 16.5. The molecule has 0 radical (unpaired) electrons. The molecule has 3 nitrogen and oxygen atoms in total. The lowest BCUT2D eigenvalue weighted by Gasteiger charge is -2.23. The molecule has 0 spiro atoms. The summed E-state index contributed by atoms with van der Waals surface area (Å²) in [5.41, 5.74) is 2.83. The Kier molecular flexibility index (Phi) is 4.15. The van der Waals surface area contributed by atoms with Crippen LogP contribution in [0.25, 0.3) is 5.57 Å². The van der Waals surface area contributed by atoms with Crippen molar-refractivity contribution >= 4 is 17.3 Å². The molecule has 1 aliphatic rings. The van der Waals surface area contributed by atoms with Crippen LogP contribution in [-0.2, 0) is 14.3 Å². The molecule has 1 aromatic rings. The summed E-state index contributed by atoms with van der Waals surface area (Å²) in [5.74, 6) is -0.470. The minimum absolute atomic E-state index is 0.0822. The number of benzene rings is 1. The fourth-order valence-corrected chi connectivity index (χ4v) is 2.44. The van der Waals surface area contributed by atoms with Crippen molar-refractivity contribution < 1.29 is 14.3 Å². The number of carbonyl (C=O) groups excluding carboxylic acids is 2. The molecule has 0 aliphatic heterocycles. The molecule has 0 saturated carbocycles. The molecule has 3 heteroatoms. The molecule has 0 heterocycles. The predicted octanol–water partition coefficient (Wildman–Crippen LogP) is 2.92. The van der Waals surface area contributed by atoms with Gasteiger partial charge >= 0.3 is 5.97 Å². The van der Waals surface area contributed by atoms with E-state index in [1.165, 1.54) is 0 Å². The fraction of sp³-hybridized carbons (Fsp3) is 0.375. The summed E-state index contributed by atoms with van der Waals surface area (Å²) >= 11 is 0. The van der Waals surface area contributed by atoms with Crippen molar-refractivity contribution in [2.45, 2.75) is 26.7 Å². The van der Waals surface area contributed by atoms with Gasteiger partial charge in [-0.2, -0.15) is 0 Å². The number of carbonyl (C=O) groups is 2. The van der Waals surface area contributed by atoms with E-state index in [4.69, 9.17) is 4.74 Å². The Balaban J connectivity index is 2.40. The summed E-state index contributed by atoms with van der Waals surface area (Å²) < 4.78 is 5.12. The molecule has 1 atom stereocenters. The first-order valence-corrected chi connectivity index (χ1v) is 6.60. The third kappa shape index (κ3) is 2.92. The van der Waals surface area contributed by atoms with Crippen molar-refractivity contribution in [1.29, 1.82) is 0 Å². The van der Waals surface area contributed by atoms with E-state index in [2.05, 4.69) is 0 Å². The molecular weight excluding hydrogens is 240 g/mol. The molecule has 19 heavy (non-hydrogen) atoms. The molecule has 0 amide bonds. The Morgan fingerprint density at radius 2 is 2.11 bits per heavy atom. The number of ketones is 1. The maximum Gasteiger partial charge on any atom is 0.313 e. The predicted molar refractivity (Wildman–Crippen MR) is 73.5 cm³/mol. The van der Waals surface area contributed by atoms with Crippen LogP contribution >= 0.6 is 0 Å². The lowest BCUT2D eigenvalue weighted by atomic mass is 9.82. The van der Waals surface area contributed by atoms with Crippen LogP contribution in [0.5, 0.6) is 0 Å². The summed E-state index contributed by atoms with van der Waals surface area (Å²) in [7, 11) is 0. The van der Waals surface area contributed by atoms with Gasteiger partial charge in [0.15, 0.2) is 5.78 Å². The van der Waals surface area contributed by atoms with Crippen molar-refractivity contribution in [1.82, 2.24) is 0 Å². The molecule has 2 rings (SSSR count). The average Bonchev–Trinajstić information content (AvgIpc) is 2.39. The summed E-state index contributed by atoms with van der Waals surface area (Å²) in [6.45, 7) is 4.14. The van der Waals surface area contributed by atoms with Crippen LogP contribution in [-0.4, -0.2) is 18.4 Å². The van der Waals surface area contributed by atoms with Gasteiger partial charge in [0.25, 0.3) is 0 Å². The van der Waals surface area contributed by atoms with Crippen molar-refractivity contribution in [3.05, 3.63) is 41.5 Å². The van der Waals surface area contributed by atoms with Crippen molar-refractivity contribution in [3.63, 3.8) is 0 Å². The zero-order chi connectivity index (χ0) is 13.8. The summed E-state index contributed by atoms with van der Waals surface area (Å²) in [4.78, 5) is 23.7. The normalized spacial score (nSPS) is 18.9. The second kappa shape index (κ2) is 5.83. The fourth-order valence-electron chi connectivity index (χ4n) is 2.44. The molecule has 0 aromatic heterocycles. The van der Waals surface area contributed by atoms with E-state index in [-0.39, 0.29) is 17.7 Å². The largest absolute Gasteiger partial charge is 0.466 e. The molecule has 1 aromatic carbocycles. The maximum atomic E-state index is 12.0. The van der Waals surface area contributed by atoms with Gasteiger partial charge in [-0.25, -0.2) is 0 Å². The molecule has 1 aliphatic carbocycles. The number of allylic oxidation sites excluding steroid dienone is 1. The van der Waals surface area contributed by atoms with Crippen LogP contribution in [0.3, 0.4) is 0 Å². The smallest absolute Gasteiger partial charge is 0.313 e. The van der Waals surface area contributed by atoms with Crippen LogP contribution in [0.4, 0.5) is 0 Å². The number of hydrogen-bond acceptors (Lipinski definition) is 3. The zero-order valence-electron chi connectivity index (χ0n) is 11.3. The van der Waals surface area contributed by atoms with Gasteiger partial charge in [-0.05, 0) is 43.0 Å². The SMILES string of the molecule is CCOC(=O)C1CCC(=O)C=C1c1ccccc1C. The van der Waals surface area contributed by atoms with Gasteiger partial charge in [-0.1, -0.05) is 24.3 Å². The topological polar surface area (TPSA) is 43.4 Å². The molecule has 0 fully saturated rings. The van der Waals surface area contributed by atoms with Gasteiger partial charge in [-0.15, -0.1) is 0 Å². The van der Waals surface area contributed by atoms with Gasteiger partial charge in [0.2, 0.25) is 0 Å². The first-order valence-electron chi connectivity index (χ1n) is 6.60. The second-order valence-electron chi connectivity index (χ2n) is 4.72. The van der Waals surface area contributed by atoms with E-state index in [9.17, 15) is 9.59 Å². The first kappa shape index (κ1) is 13.5. The summed E-state index contributed by atoms with van der Waals surface area (Å²) in [6, 6.07) is 7.80. The number of rotatable bonds is 3. The summed E-state index contributed by atoms with van der Waals surface area (Å²) in [5, 5.41) is 0. The van der Waals surface area contributed by atoms with Gasteiger partial charge in [0.05, 0.1) is 12.5 Å². The van der Waals surface area contributed by atoms with Crippen molar-refractivity contribution in [2.24, 2.45) is 5.92 Å². The van der Waals surface area contributed by atoms with E-state index < -0.39 is 0 Å². The van der Waals surface area contributed by atoms with Crippen LogP contribution in [0.1, 0.15) is 30.9 Å². The van der Waals surface area contributed by atoms with Gasteiger partial charge in [0, 0.05) is 6.42 Å².